The highest BCUT2D eigenvalue weighted by molar-refractivity contribution is 7.98. The van der Waals surface area contributed by atoms with E-state index in [9.17, 15) is 4.79 Å². The molecule has 3 rings (SSSR count). The highest BCUT2D eigenvalue weighted by atomic mass is 32.2. The Balaban J connectivity index is 1.49. The summed E-state index contributed by atoms with van der Waals surface area (Å²) in [4.78, 5) is 12.2. The number of thioether (sulfide) groups is 1. The molecule has 1 amide bonds. The fourth-order valence-electron chi connectivity index (χ4n) is 3.78. The van der Waals surface area contributed by atoms with Gasteiger partial charge in [-0.05, 0) is 44.8 Å². The number of allylic oxidation sites excluding steroid dienone is 2. The van der Waals surface area contributed by atoms with Gasteiger partial charge in [-0.15, -0.1) is 10.2 Å². The summed E-state index contributed by atoms with van der Waals surface area (Å²) in [5.74, 6) is 1.46. The molecule has 0 spiro atoms. The van der Waals surface area contributed by atoms with E-state index in [1.54, 1.807) is 11.8 Å². The first-order chi connectivity index (χ1) is 11.8. The molecule has 2 aliphatic rings. The Morgan fingerprint density at radius 1 is 1.29 bits per heavy atom. The van der Waals surface area contributed by atoms with Gasteiger partial charge in [0.1, 0.15) is 5.82 Å². The van der Waals surface area contributed by atoms with E-state index in [-0.39, 0.29) is 11.8 Å². The van der Waals surface area contributed by atoms with E-state index in [1.807, 2.05) is 0 Å². The molecule has 1 fully saturated rings. The van der Waals surface area contributed by atoms with Crippen LogP contribution in [0.3, 0.4) is 0 Å². The number of aryl methyl sites for hydroxylation is 1. The van der Waals surface area contributed by atoms with Crippen molar-refractivity contribution in [3.05, 3.63) is 18.0 Å². The Morgan fingerprint density at radius 3 is 2.83 bits per heavy atom. The molecule has 5 nitrogen and oxygen atoms in total. The Bertz CT molecular complexity index is 578. The van der Waals surface area contributed by atoms with Gasteiger partial charge in [0.15, 0.2) is 5.16 Å². The minimum Gasteiger partial charge on any atom is -0.356 e. The van der Waals surface area contributed by atoms with E-state index < -0.39 is 0 Å². The molecule has 0 aromatic carbocycles. The molecule has 1 N–H and O–H groups in total. The Hall–Kier alpha value is -1.30. The van der Waals surface area contributed by atoms with Crippen LogP contribution in [0.4, 0.5) is 0 Å². The zero-order valence-electron chi connectivity index (χ0n) is 14.5. The maximum absolute atomic E-state index is 12.2. The molecular formula is C18H28N4OS. The summed E-state index contributed by atoms with van der Waals surface area (Å²) < 4.78 is 2.35. The van der Waals surface area contributed by atoms with Crippen molar-refractivity contribution in [2.75, 3.05) is 12.8 Å². The van der Waals surface area contributed by atoms with Crippen molar-refractivity contribution in [2.24, 2.45) is 5.92 Å². The molecule has 2 aliphatic carbocycles. The molecule has 0 bridgehead atoms. The summed E-state index contributed by atoms with van der Waals surface area (Å²) in [5.41, 5.74) is 0. The summed E-state index contributed by atoms with van der Waals surface area (Å²) >= 11 is 1.68. The van der Waals surface area contributed by atoms with E-state index in [2.05, 4.69) is 38.5 Å². The fraction of sp³-hybridized carbons (Fsp3) is 0.722. The maximum Gasteiger partial charge on any atom is 0.223 e. The van der Waals surface area contributed by atoms with Crippen LogP contribution in [0.1, 0.15) is 63.2 Å². The second kappa shape index (κ2) is 8.70. The van der Waals surface area contributed by atoms with Crippen LogP contribution in [0.15, 0.2) is 17.3 Å². The lowest BCUT2D eigenvalue weighted by molar-refractivity contribution is -0.125. The SMILES string of the molecule is CSc1nnc(CCCNC(=O)C2CC=CCC2)n1C1CCCC1. The largest absolute Gasteiger partial charge is 0.356 e. The fourth-order valence-corrected chi connectivity index (χ4v) is 4.35. The summed E-state index contributed by atoms with van der Waals surface area (Å²) in [5, 5.41) is 12.9. The van der Waals surface area contributed by atoms with Crippen LogP contribution < -0.4 is 5.32 Å². The average molecular weight is 349 g/mol. The topological polar surface area (TPSA) is 59.8 Å². The van der Waals surface area contributed by atoms with Crippen LogP contribution in [0, 0.1) is 5.92 Å². The molecule has 0 saturated heterocycles. The van der Waals surface area contributed by atoms with Gasteiger partial charge in [-0.25, -0.2) is 0 Å². The maximum atomic E-state index is 12.2. The highest BCUT2D eigenvalue weighted by Gasteiger charge is 2.23. The number of rotatable bonds is 7. The van der Waals surface area contributed by atoms with Gasteiger partial charge in [0, 0.05) is 24.9 Å². The van der Waals surface area contributed by atoms with Gasteiger partial charge in [0.2, 0.25) is 5.91 Å². The van der Waals surface area contributed by atoms with Gasteiger partial charge >= 0.3 is 0 Å². The van der Waals surface area contributed by atoms with Gasteiger partial charge in [-0.1, -0.05) is 36.8 Å². The normalized spacial score (nSPS) is 21.3. The number of nitrogens with one attached hydrogen (secondary N) is 1. The number of carbonyl (C=O) groups is 1. The predicted octanol–water partition coefficient (Wildman–Crippen LogP) is 3.52. The first-order valence-electron chi connectivity index (χ1n) is 9.20. The zero-order chi connectivity index (χ0) is 16.8. The second-order valence-electron chi connectivity index (χ2n) is 6.79. The third kappa shape index (κ3) is 4.21. The number of hydrogen-bond donors (Lipinski definition) is 1. The smallest absolute Gasteiger partial charge is 0.223 e. The lowest BCUT2D eigenvalue weighted by atomic mass is 9.94. The summed E-state index contributed by atoms with van der Waals surface area (Å²) in [6, 6.07) is 0.570. The lowest BCUT2D eigenvalue weighted by Crippen LogP contribution is -2.32. The Labute approximate surface area is 148 Å². The predicted molar refractivity (Wildman–Crippen MR) is 97.1 cm³/mol. The van der Waals surface area contributed by atoms with Crippen LogP contribution in [0.5, 0.6) is 0 Å². The monoisotopic (exact) mass is 348 g/mol. The Morgan fingerprint density at radius 2 is 2.12 bits per heavy atom. The van der Waals surface area contributed by atoms with E-state index in [1.165, 1.54) is 25.7 Å². The number of carbonyl (C=O) groups excluding carboxylic acids is 1. The second-order valence-corrected chi connectivity index (χ2v) is 7.56. The molecule has 1 aromatic heterocycles. The number of amides is 1. The van der Waals surface area contributed by atoms with Gasteiger partial charge in [0.05, 0.1) is 0 Å². The summed E-state index contributed by atoms with van der Waals surface area (Å²) in [7, 11) is 0. The first-order valence-corrected chi connectivity index (χ1v) is 10.4. The van der Waals surface area contributed by atoms with Crippen molar-refractivity contribution >= 4 is 17.7 Å². The van der Waals surface area contributed by atoms with E-state index in [0.717, 1.165) is 49.6 Å². The molecule has 132 valence electrons. The van der Waals surface area contributed by atoms with Gasteiger partial charge in [-0.3, -0.25) is 4.79 Å². The van der Waals surface area contributed by atoms with E-state index in [0.29, 0.717) is 6.04 Å². The molecule has 1 aromatic rings. The molecule has 6 heteroatoms. The molecule has 1 unspecified atom stereocenters. The third-order valence-corrected chi connectivity index (χ3v) is 5.77. The van der Waals surface area contributed by atoms with Crippen molar-refractivity contribution in [2.45, 2.75) is 69.0 Å². The van der Waals surface area contributed by atoms with Crippen molar-refractivity contribution < 1.29 is 4.79 Å². The van der Waals surface area contributed by atoms with Crippen LogP contribution in [0.25, 0.3) is 0 Å². The van der Waals surface area contributed by atoms with Crippen LogP contribution in [-0.4, -0.2) is 33.5 Å². The molecular weight excluding hydrogens is 320 g/mol. The highest BCUT2D eigenvalue weighted by Crippen LogP contribution is 2.33. The Kier molecular flexibility index (Phi) is 6.35. The van der Waals surface area contributed by atoms with Gasteiger partial charge < -0.3 is 9.88 Å². The molecule has 0 aliphatic heterocycles. The minimum atomic E-state index is 0.167. The molecule has 0 radical (unpaired) electrons. The van der Waals surface area contributed by atoms with Crippen LogP contribution in [0.2, 0.25) is 0 Å². The molecule has 1 heterocycles. The summed E-state index contributed by atoms with van der Waals surface area (Å²) in [6.07, 6.45) is 16.2. The number of nitrogens with zero attached hydrogens (tertiary/aromatic N) is 3. The standard InChI is InChI=1S/C18H28N4OS/c1-24-18-21-20-16(22(18)15-10-5-6-11-15)12-7-13-19-17(23)14-8-3-2-4-9-14/h2-3,14-15H,4-13H2,1H3,(H,19,23). The van der Waals surface area contributed by atoms with Gasteiger partial charge in [-0.2, -0.15) is 0 Å². The van der Waals surface area contributed by atoms with Crippen molar-refractivity contribution in [3.8, 4) is 0 Å². The zero-order valence-corrected chi connectivity index (χ0v) is 15.4. The molecule has 24 heavy (non-hydrogen) atoms. The van der Waals surface area contributed by atoms with Crippen molar-refractivity contribution in [1.29, 1.82) is 0 Å². The number of hydrogen-bond acceptors (Lipinski definition) is 4. The van der Waals surface area contributed by atoms with E-state index in [4.69, 9.17) is 0 Å². The van der Waals surface area contributed by atoms with Crippen molar-refractivity contribution in [1.82, 2.24) is 20.1 Å². The van der Waals surface area contributed by atoms with Gasteiger partial charge in [0.25, 0.3) is 0 Å². The lowest BCUT2D eigenvalue weighted by Gasteiger charge is -2.18. The molecule has 1 atom stereocenters. The van der Waals surface area contributed by atoms with Crippen molar-refractivity contribution in [3.63, 3.8) is 0 Å². The third-order valence-electron chi connectivity index (χ3n) is 5.12. The average Bonchev–Trinajstić information content (AvgIpc) is 3.28. The van der Waals surface area contributed by atoms with Crippen LogP contribution in [-0.2, 0) is 11.2 Å². The summed E-state index contributed by atoms with van der Waals surface area (Å²) in [6.45, 7) is 0.727. The van der Waals surface area contributed by atoms with E-state index >= 15 is 0 Å². The van der Waals surface area contributed by atoms with Crippen LogP contribution >= 0.6 is 11.8 Å². The number of aromatic nitrogens is 3. The first kappa shape index (κ1) is 17.5. The molecule has 1 saturated carbocycles. The minimum absolute atomic E-state index is 0.167. The quantitative estimate of drug-likeness (QED) is 0.465.